The number of aliphatic hydroxyl groups is 1. The van der Waals surface area contributed by atoms with E-state index in [4.69, 9.17) is 0 Å². The van der Waals surface area contributed by atoms with Crippen LogP contribution < -0.4 is 4.90 Å². The highest BCUT2D eigenvalue weighted by Crippen LogP contribution is 2.30. The summed E-state index contributed by atoms with van der Waals surface area (Å²) in [7, 11) is 1.74. The van der Waals surface area contributed by atoms with Crippen molar-refractivity contribution in [2.75, 3.05) is 31.6 Å². The number of nitrogens with one attached hydrogen (secondary N) is 1. The number of carbonyl (C=O) groups excluding carboxylic acids is 1. The number of carbonyl (C=O) groups is 1. The highest BCUT2D eigenvalue weighted by molar-refractivity contribution is 5.97. The van der Waals surface area contributed by atoms with E-state index in [-0.39, 0.29) is 12.5 Å². The molecule has 32 heavy (non-hydrogen) atoms. The Labute approximate surface area is 185 Å². The van der Waals surface area contributed by atoms with Gasteiger partial charge in [0.15, 0.2) is 0 Å². The van der Waals surface area contributed by atoms with Gasteiger partial charge in [-0.15, -0.1) is 0 Å². The molecule has 1 saturated heterocycles. The maximum absolute atomic E-state index is 13.1. The molecule has 0 bridgehead atoms. The Kier molecular flexibility index (Phi) is 5.01. The van der Waals surface area contributed by atoms with Crippen molar-refractivity contribution in [3.05, 3.63) is 60.2 Å². The standard InChI is InChI=1S/C24H26N6O2/c1-16-27-18-7-6-17(13-20(18)28-16)23(31)29(2)14-24(32)9-4-12-30(15-24)21-8-11-25-19-5-3-10-26-22(19)21/h3,5-8,10-11,13,32H,4,9,12,14-15H2,1-2H3,(H,27,28)/t24-/m1/s1. The smallest absolute Gasteiger partial charge is 0.253 e. The number of hydrogen-bond donors (Lipinski definition) is 2. The molecular weight excluding hydrogens is 404 g/mol. The first-order valence-electron chi connectivity index (χ1n) is 10.8. The fourth-order valence-corrected chi connectivity index (χ4v) is 4.67. The van der Waals surface area contributed by atoms with E-state index in [0.717, 1.165) is 46.5 Å². The average molecular weight is 431 g/mol. The van der Waals surface area contributed by atoms with Crippen LogP contribution in [-0.2, 0) is 0 Å². The number of rotatable bonds is 4. The van der Waals surface area contributed by atoms with Gasteiger partial charge in [0, 0.05) is 38.1 Å². The molecule has 4 aromatic rings. The van der Waals surface area contributed by atoms with Crippen molar-refractivity contribution in [1.29, 1.82) is 0 Å². The number of amides is 1. The Morgan fingerprint density at radius 3 is 2.97 bits per heavy atom. The van der Waals surface area contributed by atoms with Crippen LogP contribution in [0.2, 0.25) is 0 Å². The normalized spacial score (nSPS) is 18.9. The van der Waals surface area contributed by atoms with Crippen LogP contribution in [0.15, 0.2) is 48.8 Å². The predicted octanol–water partition coefficient (Wildman–Crippen LogP) is 2.92. The molecule has 0 aliphatic carbocycles. The van der Waals surface area contributed by atoms with E-state index in [1.165, 1.54) is 0 Å². The Bertz CT molecular complexity index is 1300. The van der Waals surface area contributed by atoms with Crippen LogP contribution in [0.1, 0.15) is 29.0 Å². The van der Waals surface area contributed by atoms with Gasteiger partial charge >= 0.3 is 0 Å². The van der Waals surface area contributed by atoms with Crippen LogP contribution in [0.4, 0.5) is 5.69 Å². The van der Waals surface area contributed by atoms with Gasteiger partial charge in [-0.2, -0.15) is 0 Å². The lowest BCUT2D eigenvalue weighted by Crippen LogP contribution is -2.54. The van der Waals surface area contributed by atoms with Crippen molar-refractivity contribution in [3.63, 3.8) is 0 Å². The van der Waals surface area contributed by atoms with Crippen molar-refractivity contribution >= 4 is 33.7 Å². The molecule has 1 atom stereocenters. The number of aromatic nitrogens is 4. The summed E-state index contributed by atoms with van der Waals surface area (Å²) in [5.41, 5.74) is 3.85. The quantitative estimate of drug-likeness (QED) is 0.517. The van der Waals surface area contributed by atoms with Gasteiger partial charge in [0.1, 0.15) is 11.3 Å². The number of β-amino-alcohol motifs (C(OH)–C–C–N with tert-alkyl or cyclic N) is 1. The van der Waals surface area contributed by atoms with Gasteiger partial charge in [0.2, 0.25) is 0 Å². The largest absolute Gasteiger partial charge is 0.386 e. The van der Waals surface area contributed by atoms with Gasteiger partial charge in [-0.25, -0.2) is 4.98 Å². The van der Waals surface area contributed by atoms with Crippen LogP contribution >= 0.6 is 0 Å². The Morgan fingerprint density at radius 1 is 1.22 bits per heavy atom. The molecule has 4 heterocycles. The third kappa shape index (κ3) is 3.78. The summed E-state index contributed by atoms with van der Waals surface area (Å²) in [6.45, 7) is 3.39. The van der Waals surface area contributed by atoms with Crippen LogP contribution in [0.3, 0.4) is 0 Å². The molecule has 164 valence electrons. The van der Waals surface area contributed by atoms with Crippen molar-refractivity contribution in [1.82, 2.24) is 24.8 Å². The minimum Gasteiger partial charge on any atom is -0.386 e. The third-order valence-electron chi connectivity index (χ3n) is 6.10. The molecule has 1 aliphatic heterocycles. The number of likely N-dealkylation sites (N-methyl/N-ethyl adjacent to an activating group) is 1. The van der Waals surface area contributed by atoms with E-state index in [9.17, 15) is 9.90 Å². The summed E-state index contributed by atoms with van der Waals surface area (Å²) >= 11 is 0. The zero-order valence-corrected chi connectivity index (χ0v) is 18.2. The number of benzene rings is 1. The summed E-state index contributed by atoms with van der Waals surface area (Å²) in [5.74, 6) is 0.688. The zero-order valence-electron chi connectivity index (χ0n) is 18.2. The van der Waals surface area contributed by atoms with Crippen molar-refractivity contribution in [2.24, 2.45) is 0 Å². The molecule has 8 nitrogen and oxygen atoms in total. The summed E-state index contributed by atoms with van der Waals surface area (Å²) < 4.78 is 0. The number of hydrogen-bond acceptors (Lipinski definition) is 6. The van der Waals surface area contributed by atoms with Gasteiger partial charge in [0.25, 0.3) is 5.91 Å². The van der Waals surface area contributed by atoms with Gasteiger partial charge < -0.3 is 19.9 Å². The number of imidazole rings is 1. The molecule has 0 saturated carbocycles. The topological polar surface area (TPSA) is 98.2 Å². The first-order valence-corrected chi connectivity index (χ1v) is 10.8. The van der Waals surface area contributed by atoms with Gasteiger partial charge in [-0.3, -0.25) is 14.8 Å². The number of pyridine rings is 2. The summed E-state index contributed by atoms with van der Waals surface area (Å²) in [6.07, 6.45) is 5.00. The van der Waals surface area contributed by atoms with E-state index in [2.05, 4.69) is 24.8 Å². The van der Waals surface area contributed by atoms with Crippen LogP contribution in [0.25, 0.3) is 22.1 Å². The lowest BCUT2D eigenvalue weighted by atomic mass is 9.91. The third-order valence-corrected chi connectivity index (χ3v) is 6.10. The fraction of sp³-hybridized carbons (Fsp3) is 0.333. The number of piperidine rings is 1. The minimum absolute atomic E-state index is 0.124. The first-order chi connectivity index (χ1) is 15.4. The van der Waals surface area contributed by atoms with E-state index in [0.29, 0.717) is 18.5 Å². The fourth-order valence-electron chi connectivity index (χ4n) is 4.67. The molecule has 0 spiro atoms. The molecule has 1 aromatic carbocycles. The first kappa shape index (κ1) is 20.4. The second-order valence-electron chi connectivity index (χ2n) is 8.67. The van der Waals surface area contributed by atoms with Gasteiger partial charge in [0.05, 0.1) is 34.4 Å². The number of H-pyrrole nitrogens is 1. The number of anilines is 1. The number of aromatic amines is 1. The molecule has 5 rings (SSSR count). The molecule has 1 amide bonds. The highest BCUT2D eigenvalue weighted by Gasteiger charge is 2.36. The summed E-state index contributed by atoms with van der Waals surface area (Å²) in [4.78, 5) is 33.3. The monoisotopic (exact) mass is 430 g/mol. The number of fused-ring (bicyclic) bond motifs is 2. The van der Waals surface area contributed by atoms with Gasteiger partial charge in [-0.05, 0) is 56.2 Å². The van der Waals surface area contributed by atoms with Crippen molar-refractivity contribution in [3.8, 4) is 0 Å². The Hall–Kier alpha value is -3.52. The number of aryl methyl sites for hydroxylation is 1. The Morgan fingerprint density at radius 2 is 2.09 bits per heavy atom. The molecule has 8 heteroatoms. The summed E-state index contributed by atoms with van der Waals surface area (Å²) in [6, 6.07) is 11.2. The molecule has 0 radical (unpaired) electrons. The van der Waals surface area contributed by atoms with Crippen molar-refractivity contribution in [2.45, 2.75) is 25.4 Å². The second-order valence-corrected chi connectivity index (χ2v) is 8.67. The molecular formula is C24H26N6O2. The lowest BCUT2D eigenvalue weighted by Gasteiger charge is -2.42. The maximum atomic E-state index is 13.1. The molecule has 3 aromatic heterocycles. The molecule has 1 aliphatic rings. The lowest BCUT2D eigenvalue weighted by molar-refractivity contribution is 0.0000674. The van der Waals surface area contributed by atoms with Crippen LogP contribution in [-0.4, -0.2) is 68.1 Å². The molecule has 0 unspecified atom stereocenters. The zero-order chi connectivity index (χ0) is 22.3. The minimum atomic E-state index is -1.01. The maximum Gasteiger partial charge on any atom is 0.253 e. The molecule has 2 N–H and O–H groups in total. The van der Waals surface area contributed by atoms with E-state index < -0.39 is 5.60 Å². The second kappa shape index (κ2) is 7.87. The van der Waals surface area contributed by atoms with E-state index in [1.54, 1.807) is 30.4 Å². The average Bonchev–Trinajstić information content (AvgIpc) is 3.17. The van der Waals surface area contributed by atoms with Crippen molar-refractivity contribution < 1.29 is 9.90 Å². The number of nitrogens with zero attached hydrogens (tertiary/aromatic N) is 5. The highest BCUT2D eigenvalue weighted by atomic mass is 16.3. The van der Waals surface area contributed by atoms with E-state index >= 15 is 0 Å². The van der Waals surface area contributed by atoms with Crippen LogP contribution in [0, 0.1) is 6.92 Å². The predicted molar refractivity (Wildman–Crippen MR) is 124 cm³/mol. The SMILES string of the molecule is Cc1nc2ccc(C(=O)N(C)C[C@]3(O)CCCN(c4ccnc5cccnc45)C3)cc2[nH]1. The summed E-state index contributed by atoms with van der Waals surface area (Å²) in [5, 5.41) is 11.4. The van der Waals surface area contributed by atoms with Gasteiger partial charge in [-0.1, -0.05) is 0 Å². The van der Waals surface area contributed by atoms with Crippen LogP contribution in [0.5, 0.6) is 0 Å². The molecule has 1 fully saturated rings. The Balaban J connectivity index is 1.35. The van der Waals surface area contributed by atoms with E-state index in [1.807, 2.05) is 37.3 Å².